The summed E-state index contributed by atoms with van der Waals surface area (Å²) in [5, 5.41) is 26.6. The molecule has 0 aliphatic heterocycles. The number of hydrogen-bond acceptors (Lipinski definition) is 3. The molecule has 0 saturated carbocycles. The van der Waals surface area contributed by atoms with Gasteiger partial charge in [0.05, 0.1) is 0 Å². The van der Waals surface area contributed by atoms with E-state index in [9.17, 15) is 0 Å². The van der Waals surface area contributed by atoms with Crippen LogP contribution in [0.5, 0.6) is 0 Å². The van der Waals surface area contributed by atoms with Gasteiger partial charge in [0.25, 0.3) is 0 Å². The van der Waals surface area contributed by atoms with E-state index < -0.39 is 5.76 Å². The molecule has 0 heterocycles. The van der Waals surface area contributed by atoms with Crippen LogP contribution in [-0.2, 0) is 0 Å². The van der Waals surface area contributed by atoms with Crippen molar-refractivity contribution in [3.63, 3.8) is 0 Å². The zero-order valence-corrected chi connectivity index (χ0v) is 6.13. The van der Waals surface area contributed by atoms with Crippen LogP contribution in [0.1, 0.15) is 20.3 Å². The van der Waals surface area contributed by atoms with Crippen LogP contribution in [-0.4, -0.2) is 15.3 Å². The van der Waals surface area contributed by atoms with Crippen molar-refractivity contribution in [2.75, 3.05) is 0 Å². The maximum atomic E-state index is 8.90. The molecule has 0 aromatic rings. The average molecular weight is 144 g/mol. The molecule has 3 N–H and O–H groups in total. The van der Waals surface area contributed by atoms with E-state index in [1.165, 1.54) is 6.08 Å². The highest BCUT2D eigenvalue weighted by atomic mass is 16.3. The van der Waals surface area contributed by atoms with Crippen LogP contribution in [0.2, 0.25) is 0 Å². The lowest BCUT2D eigenvalue weighted by Crippen LogP contribution is -1.92. The maximum Gasteiger partial charge on any atom is 0.195 e. The molecule has 0 amide bonds. The second kappa shape index (κ2) is 3.82. The fourth-order valence-corrected chi connectivity index (χ4v) is 0.452. The molecule has 0 rings (SSSR count). The van der Waals surface area contributed by atoms with Gasteiger partial charge in [0.2, 0.25) is 0 Å². The summed E-state index contributed by atoms with van der Waals surface area (Å²) < 4.78 is 0. The minimum absolute atomic E-state index is 0.199. The highest BCUT2D eigenvalue weighted by molar-refractivity contribution is 5.19. The molecule has 3 nitrogen and oxygen atoms in total. The smallest absolute Gasteiger partial charge is 0.195 e. The van der Waals surface area contributed by atoms with Crippen molar-refractivity contribution in [2.24, 2.45) is 0 Å². The highest BCUT2D eigenvalue weighted by Crippen LogP contribution is 2.08. The zero-order valence-electron chi connectivity index (χ0n) is 6.13. The van der Waals surface area contributed by atoms with Crippen LogP contribution in [0.3, 0.4) is 0 Å². The summed E-state index contributed by atoms with van der Waals surface area (Å²) in [5.41, 5.74) is 0. The summed E-state index contributed by atoms with van der Waals surface area (Å²) in [4.78, 5) is 0. The van der Waals surface area contributed by atoms with Crippen molar-refractivity contribution in [2.45, 2.75) is 20.3 Å². The van der Waals surface area contributed by atoms with E-state index in [4.69, 9.17) is 15.3 Å². The number of rotatable bonds is 2. The van der Waals surface area contributed by atoms with Gasteiger partial charge in [-0.1, -0.05) is 6.92 Å². The molecule has 0 unspecified atom stereocenters. The molecule has 0 fully saturated rings. The minimum Gasteiger partial charge on any atom is -0.508 e. The Kier molecular flexibility index (Phi) is 3.39. The summed E-state index contributed by atoms with van der Waals surface area (Å²) in [6.45, 7) is 3.24. The SMILES string of the molecule is C/C=C(O)\C(O)=C(\O)CC. The van der Waals surface area contributed by atoms with Gasteiger partial charge in [-0.15, -0.1) is 0 Å². The molecule has 0 aliphatic carbocycles. The molecule has 10 heavy (non-hydrogen) atoms. The van der Waals surface area contributed by atoms with Crippen LogP contribution < -0.4 is 0 Å². The minimum atomic E-state index is -0.440. The second-order valence-corrected chi connectivity index (χ2v) is 1.82. The van der Waals surface area contributed by atoms with Crippen molar-refractivity contribution >= 4 is 0 Å². The Hall–Kier alpha value is -1.12. The Bertz CT molecular complexity index is 168. The van der Waals surface area contributed by atoms with Gasteiger partial charge in [0, 0.05) is 6.42 Å². The van der Waals surface area contributed by atoms with E-state index >= 15 is 0 Å². The van der Waals surface area contributed by atoms with Gasteiger partial charge in [0.15, 0.2) is 11.5 Å². The predicted octanol–water partition coefficient (Wildman–Crippen LogP) is 2.19. The van der Waals surface area contributed by atoms with Crippen molar-refractivity contribution in [3.8, 4) is 0 Å². The summed E-state index contributed by atoms with van der Waals surface area (Å²) in [5.74, 6) is -0.931. The lowest BCUT2D eigenvalue weighted by atomic mass is 10.3. The Morgan fingerprint density at radius 1 is 1.30 bits per heavy atom. The fraction of sp³-hybridized carbons (Fsp3) is 0.429. The Labute approximate surface area is 59.9 Å². The quantitative estimate of drug-likeness (QED) is 0.411. The van der Waals surface area contributed by atoms with E-state index in [1.807, 2.05) is 0 Å². The maximum absolute atomic E-state index is 8.90. The largest absolute Gasteiger partial charge is 0.508 e. The van der Waals surface area contributed by atoms with E-state index in [1.54, 1.807) is 13.8 Å². The average Bonchev–Trinajstić information content (AvgIpc) is 2.00. The van der Waals surface area contributed by atoms with Crippen molar-refractivity contribution < 1.29 is 15.3 Å². The molecule has 0 aliphatic rings. The molecule has 0 saturated heterocycles. The molecular weight excluding hydrogens is 132 g/mol. The molecule has 0 aromatic carbocycles. The van der Waals surface area contributed by atoms with E-state index in [0.29, 0.717) is 6.42 Å². The summed E-state index contributed by atoms with van der Waals surface area (Å²) >= 11 is 0. The molecule has 0 atom stereocenters. The molecule has 0 spiro atoms. The van der Waals surface area contributed by atoms with Gasteiger partial charge >= 0.3 is 0 Å². The predicted molar refractivity (Wildman–Crippen MR) is 39.0 cm³/mol. The van der Waals surface area contributed by atoms with Gasteiger partial charge < -0.3 is 15.3 Å². The summed E-state index contributed by atoms with van der Waals surface area (Å²) in [6, 6.07) is 0. The second-order valence-electron chi connectivity index (χ2n) is 1.82. The standard InChI is InChI=1S/C7H12O3/c1-3-5(8)7(10)6(9)4-2/h3,8-10H,4H2,1-2H3/b5-3+,7-6-. The van der Waals surface area contributed by atoms with E-state index in [0.717, 1.165) is 0 Å². The van der Waals surface area contributed by atoms with Crippen molar-refractivity contribution in [1.29, 1.82) is 0 Å². The first-order valence-corrected chi connectivity index (χ1v) is 3.10. The number of aliphatic hydroxyl groups is 3. The number of allylic oxidation sites excluding steroid dienone is 2. The third kappa shape index (κ3) is 2.01. The van der Waals surface area contributed by atoms with Gasteiger partial charge in [0.1, 0.15) is 5.76 Å². The van der Waals surface area contributed by atoms with Crippen molar-refractivity contribution in [1.82, 2.24) is 0 Å². The monoisotopic (exact) mass is 144 g/mol. The van der Waals surface area contributed by atoms with Gasteiger partial charge in [-0.2, -0.15) is 0 Å². The molecule has 3 heteroatoms. The van der Waals surface area contributed by atoms with Crippen LogP contribution in [0.25, 0.3) is 0 Å². The lowest BCUT2D eigenvalue weighted by molar-refractivity contribution is 0.277. The fourth-order valence-electron chi connectivity index (χ4n) is 0.452. The Balaban J connectivity index is 4.46. The van der Waals surface area contributed by atoms with Crippen LogP contribution in [0.15, 0.2) is 23.4 Å². The topological polar surface area (TPSA) is 60.7 Å². The number of hydrogen-bond donors (Lipinski definition) is 3. The first-order chi connectivity index (χ1) is 4.63. The summed E-state index contributed by atoms with van der Waals surface area (Å²) in [7, 11) is 0. The zero-order chi connectivity index (χ0) is 8.15. The normalized spacial score (nSPS) is 14.8. The van der Waals surface area contributed by atoms with E-state index in [2.05, 4.69) is 0 Å². The van der Waals surface area contributed by atoms with E-state index in [-0.39, 0.29) is 11.5 Å². The summed E-state index contributed by atoms with van der Waals surface area (Å²) in [6.07, 6.45) is 1.62. The first-order valence-electron chi connectivity index (χ1n) is 3.10. The third-order valence-electron chi connectivity index (χ3n) is 1.12. The Morgan fingerprint density at radius 2 is 1.80 bits per heavy atom. The molecule has 0 aromatic heterocycles. The van der Waals surface area contributed by atoms with Crippen LogP contribution in [0, 0.1) is 0 Å². The molecule has 0 bridgehead atoms. The molecule has 0 radical (unpaired) electrons. The van der Waals surface area contributed by atoms with Gasteiger partial charge in [-0.25, -0.2) is 0 Å². The highest BCUT2D eigenvalue weighted by Gasteiger charge is 2.04. The van der Waals surface area contributed by atoms with Gasteiger partial charge in [-0.3, -0.25) is 0 Å². The van der Waals surface area contributed by atoms with Gasteiger partial charge in [-0.05, 0) is 13.0 Å². The molecule has 58 valence electrons. The Morgan fingerprint density at radius 3 is 2.10 bits per heavy atom. The number of aliphatic hydroxyl groups excluding tert-OH is 3. The third-order valence-corrected chi connectivity index (χ3v) is 1.12. The van der Waals surface area contributed by atoms with Crippen LogP contribution >= 0.6 is 0 Å². The molecular formula is C7H12O3. The van der Waals surface area contributed by atoms with Crippen molar-refractivity contribution in [3.05, 3.63) is 23.4 Å². The van der Waals surface area contributed by atoms with Crippen LogP contribution in [0.4, 0.5) is 0 Å². The lowest BCUT2D eigenvalue weighted by Gasteiger charge is -1.99. The first kappa shape index (κ1) is 8.88.